The van der Waals surface area contributed by atoms with Crippen molar-refractivity contribution in [2.45, 2.75) is 57.1 Å². The largest absolute Gasteiger partial charge is 0.367 e. The summed E-state index contributed by atoms with van der Waals surface area (Å²) in [5.74, 6) is 0.799. The number of rotatable bonds is 9. The third kappa shape index (κ3) is 5.93. The standard InChI is InChI=1S/C21H28N6OS/c1-14(2)24-19-17-13-23-27(20(17)26-21(25-19)29-15(3)4)11-10-22-18(28)12-16-8-6-5-7-9-16/h5-9,13-15H,10-12H2,1-4H3,(H,22,28)(H,24,25,26). The van der Waals surface area contributed by atoms with E-state index in [1.165, 1.54) is 0 Å². The topological polar surface area (TPSA) is 84.7 Å². The first-order chi connectivity index (χ1) is 13.9. The molecular formula is C21H28N6OS. The highest BCUT2D eigenvalue weighted by Crippen LogP contribution is 2.26. The molecule has 0 aliphatic carbocycles. The van der Waals surface area contributed by atoms with Crippen LogP contribution in [0.3, 0.4) is 0 Å². The van der Waals surface area contributed by atoms with E-state index in [0.29, 0.717) is 24.8 Å². The monoisotopic (exact) mass is 412 g/mol. The highest BCUT2D eigenvalue weighted by molar-refractivity contribution is 7.99. The molecule has 0 aliphatic heterocycles. The Labute approximate surface area is 175 Å². The molecule has 154 valence electrons. The molecule has 0 unspecified atom stereocenters. The summed E-state index contributed by atoms with van der Waals surface area (Å²) in [5.41, 5.74) is 1.78. The molecule has 2 heterocycles. The molecule has 1 amide bonds. The summed E-state index contributed by atoms with van der Waals surface area (Å²) in [7, 11) is 0. The normalized spacial score (nSPS) is 11.4. The number of nitrogens with zero attached hydrogens (tertiary/aromatic N) is 4. The Kier molecular flexibility index (Phi) is 7.09. The maximum Gasteiger partial charge on any atom is 0.224 e. The van der Waals surface area contributed by atoms with Crippen molar-refractivity contribution < 1.29 is 4.79 Å². The lowest BCUT2D eigenvalue weighted by atomic mass is 10.1. The van der Waals surface area contributed by atoms with Crippen LogP contribution in [0.4, 0.5) is 5.82 Å². The Morgan fingerprint density at radius 3 is 2.59 bits per heavy atom. The van der Waals surface area contributed by atoms with Crippen LogP contribution in [0.25, 0.3) is 11.0 Å². The van der Waals surface area contributed by atoms with Gasteiger partial charge in [-0.2, -0.15) is 5.10 Å². The fourth-order valence-corrected chi connectivity index (χ4v) is 3.60. The van der Waals surface area contributed by atoms with Crippen LogP contribution in [-0.2, 0) is 17.8 Å². The lowest BCUT2D eigenvalue weighted by Crippen LogP contribution is -2.28. The number of carbonyl (C=O) groups is 1. The molecule has 0 fully saturated rings. The molecular weight excluding hydrogens is 384 g/mol. The third-order valence-electron chi connectivity index (χ3n) is 4.10. The van der Waals surface area contributed by atoms with Gasteiger partial charge in [0, 0.05) is 17.8 Å². The Morgan fingerprint density at radius 1 is 1.14 bits per heavy atom. The van der Waals surface area contributed by atoms with E-state index in [-0.39, 0.29) is 11.9 Å². The van der Waals surface area contributed by atoms with Crippen molar-refractivity contribution >= 4 is 34.5 Å². The van der Waals surface area contributed by atoms with Crippen LogP contribution < -0.4 is 10.6 Å². The minimum atomic E-state index is 0.000466. The zero-order valence-electron chi connectivity index (χ0n) is 17.3. The van der Waals surface area contributed by atoms with Crippen molar-refractivity contribution in [1.82, 2.24) is 25.1 Å². The highest BCUT2D eigenvalue weighted by atomic mass is 32.2. The molecule has 2 N–H and O–H groups in total. The van der Waals surface area contributed by atoms with Crippen molar-refractivity contribution in [2.24, 2.45) is 0 Å². The van der Waals surface area contributed by atoms with Crippen LogP contribution in [0.5, 0.6) is 0 Å². The zero-order chi connectivity index (χ0) is 20.8. The van der Waals surface area contributed by atoms with Crippen LogP contribution in [0, 0.1) is 0 Å². The van der Waals surface area contributed by atoms with Gasteiger partial charge in [-0.3, -0.25) is 4.79 Å². The van der Waals surface area contributed by atoms with Crippen LogP contribution >= 0.6 is 11.8 Å². The molecule has 0 aliphatic rings. The fraction of sp³-hybridized carbons (Fsp3) is 0.429. The van der Waals surface area contributed by atoms with Gasteiger partial charge < -0.3 is 10.6 Å². The smallest absolute Gasteiger partial charge is 0.224 e. The van der Waals surface area contributed by atoms with Gasteiger partial charge in [-0.05, 0) is 19.4 Å². The second-order valence-corrected chi connectivity index (χ2v) is 8.98. The summed E-state index contributed by atoms with van der Waals surface area (Å²) in [6.07, 6.45) is 2.16. The van der Waals surface area contributed by atoms with Gasteiger partial charge >= 0.3 is 0 Å². The molecule has 7 nitrogen and oxygen atoms in total. The fourth-order valence-electron chi connectivity index (χ4n) is 2.89. The van der Waals surface area contributed by atoms with Crippen LogP contribution in [0.1, 0.15) is 33.3 Å². The van der Waals surface area contributed by atoms with Crippen molar-refractivity contribution in [1.29, 1.82) is 0 Å². The predicted molar refractivity (Wildman–Crippen MR) is 118 cm³/mol. The van der Waals surface area contributed by atoms with Gasteiger partial charge in [-0.15, -0.1) is 0 Å². The molecule has 29 heavy (non-hydrogen) atoms. The number of fused-ring (bicyclic) bond motifs is 1. The van der Waals surface area contributed by atoms with Gasteiger partial charge in [0.1, 0.15) is 5.82 Å². The number of hydrogen-bond acceptors (Lipinski definition) is 6. The molecule has 2 aromatic heterocycles. The van der Waals surface area contributed by atoms with Gasteiger partial charge in [0.25, 0.3) is 0 Å². The average Bonchev–Trinajstić information content (AvgIpc) is 3.05. The number of benzene rings is 1. The van der Waals surface area contributed by atoms with Gasteiger partial charge in [0.15, 0.2) is 10.8 Å². The van der Waals surface area contributed by atoms with E-state index in [9.17, 15) is 4.79 Å². The number of nitrogens with one attached hydrogen (secondary N) is 2. The van der Waals surface area contributed by atoms with E-state index in [4.69, 9.17) is 4.98 Å². The third-order valence-corrected chi connectivity index (χ3v) is 4.96. The van der Waals surface area contributed by atoms with Crippen molar-refractivity contribution in [2.75, 3.05) is 11.9 Å². The molecule has 3 rings (SSSR count). The van der Waals surface area contributed by atoms with Crippen LogP contribution in [-0.4, -0.2) is 43.5 Å². The Hall–Kier alpha value is -2.61. The number of carbonyl (C=O) groups excluding carboxylic acids is 1. The van der Waals surface area contributed by atoms with Gasteiger partial charge in [0.05, 0.1) is 24.5 Å². The Balaban J connectivity index is 1.71. The van der Waals surface area contributed by atoms with Gasteiger partial charge in [-0.25, -0.2) is 14.6 Å². The Morgan fingerprint density at radius 2 is 1.90 bits per heavy atom. The molecule has 0 saturated heterocycles. The molecule has 0 saturated carbocycles. The maximum absolute atomic E-state index is 12.2. The van der Waals surface area contributed by atoms with Crippen LogP contribution in [0.15, 0.2) is 41.7 Å². The average molecular weight is 413 g/mol. The number of aromatic nitrogens is 4. The first-order valence-electron chi connectivity index (χ1n) is 9.89. The lowest BCUT2D eigenvalue weighted by molar-refractivity contribution is -0.120. The number of amides is 1. The first-order valence-corrected chi connectivity index (χ1v) is 10.8. The predicted octanol–water partition coefficient (Wildman–Crippen LogP) is 3.51. The maximum atomic E-state index is 12.2. The van der Waals surface area contributed by atoms with E-state index in [0.717, 1.165) is 27.6 Å². The number of thioether (sulfide) groups is 1. The number of anilines is 1. The van der Waals surface area contributed by atoms with Gasteiger partial charge in [-0.1, -0.05) is 55.9 Å². The molecule has 8 heteroatoms. The summed E-state index contributed by atoms with van der Waals surface area (Å²) in [4.78, 5) is 21.6. The summed E-state index contributed by atoms with van der Waals surface area (Å²) < 4.78 is 1.83. The zero-order valence-corrected chi connectivity index (χ0v) is 18.2. The highest BCUT2D eigenvalue weighted by Gasteiger charge is 2.15. The lowest BCUT2D eigenvalue weighted by Gasteiger charge is -2.12. The molecule has 3 aromatic rings. The van der Waals surface area contributed by atoms with Crippen molar-refractivity contribution in [3.8, 4) is 0 Å². The number of hydrogen-bond donors (Lipinski definition) is 2. The van der Waals surface area contributed by atoms with Crippen molar-refractivity contribution in [3.63, 3.8) is 0 Å². The minimum Gasteiger partial charge on any atom is -0.367 e. The SMILES string of the molecule is CC(C)Nc1nc(SC(C)C)nc2c1cnn2CCNC(=O)Cc1ccccc1. The Bertz CT molecular complexity index is 954. The quantitative estimate of drug-likeness (QED) is 0.413. The summed E-state index contributed by atoms with van der Waals surface area (Å²) in [5, 5.41) is 12.8. The van der Waals surface area contributed by atoms with E-state index >= 15 is 0 Å². The minimum absolute atomic E-state index is 0.000466. The van der Waals surface area contributed by atoms with E-state index < -0.39 is 0 Å². The van der Waals surface area contributed by atoms with Crippen molar-refractivity contribution in [3.05, 3.63) is 42.1 Å². The molecule has 0 bridgehead atoms. The first kappa shape index (κ1) is 21.1. The van der Waals surface area contributed by atoms with E-state index in [1.54, 1.807) is 18.0 Å². The van der Waals surface area contributed by atoms with E-state index in [2.05, 4.69) is 48.4 Å². The second-order valence-electron chi connectivity index (χ2n) is 7.44. The van der Waals surface area contributed by atoms with E-state index in [1.807, 2.05) is 35.0 Å². The summed E-state index contributed by atoms with van der Waals surface area (Å²) in [6, 6.07) is 9.98. The van der Waals surface area contributed by atoms with Crippen LogP contribution in [0.2, 0.25) is 0 Å². The summed E-state index contributed by atoms with van der Waals surface area (Å²) >= 11 is 1.62. The van der Waals surface area contributed by atoms with Gasteiger partial charge in [0.2, 0.25) is 5.91 Å². The summed E-state index contributed by atoms with van der Waals surface area (Å²) in [6.45, 7) is 9.44. The molecule has 0 spiro atoms. The second kappa shape index (κ2) is 9.73. The molecule has 1 aromatic carbocycles. The molecule has 0 radical (unpaired) electrons. The molecule has 0 atom stereocenters.